The molecule has 1 atom stereocenters. The monoisotopic (exact) mass is 245 g/mol. The third kappa shape index (κ3) is 3.18. The Bertz CT molecular complexity index is 482. The van der Waals surface area contributed by atoms with Crippen molar-refractivity contribution < 1.29 is 9.90 Å². The van der Waals surface area contributed by atoms with Gasteiger partial charge in [-0.25, -0.2) is 0 Å². The SMILES string of the molecule is O=C(Cn1cccn1)N[C@H](CO)c1ccccc1. The second-order valence-corrected chi connectivity index (χ2v) is 3.92. The summed E-state index contributed by atoms with van der Waals surface area (Å²) >= 11 is 0. The molecule has 2 N–H and O–H groups in total. The van der Waals surface area contributed by atoms with Gasteiger partial charge < -0.3 is 10.4 Å². The normalized spacial score (nSPS) is 12.1. The fourth-order valence-corrected chi connectivity index (χ4v) is 1.70. The first-order chi connectivity index (χ1) is 8.79. The van der Waals surface area contributed by atoms with Crippen molar-refractivity contribution in [3.63, 3.8) is 0 Å². The molecule has 5 heteroatoms. The molecule has 2 aromatic rings. The zero-order chi connectivity index (χ0) is 12.8. The van der Waals surface area contributed by atoms with Gasteiger partial charge in [-0.1, -0.05) is 30.3 Å². The Morgan fingerprint density at radius 2 is 2.11 bits per heavy atom. The average Bonchev–Trinajstić information content (AvgIpc) is 2.90. The molecule has 0 radical (unpaired) electrons. The molecule has 0 saturated heterocycles. The maximum absolute atomic E-state index is 11.8. The lowest BCUT2D eigenvalue weighted by Crippen LogP contribution is -2.33. The van der Waals surface area contributed by atoms with E-state index in [4.69, 9.17) is 0 Å². The molecule has 0 aliphatic carbocycles. The second-order valence-electron chi connectivity index (χ2n) is 3.92. The van der Waals surface area contributed by atoms with Crippen molar-refractivity contribution >= 4 is 5.91 Å². The first kappa shape index (κ1) is 12.3. The fourth-order valence-electron chi connectivity index (χ4n) is 1.70. The lowest BCUT2D eigenvalue weighted by atomic mass is 10.1. The van der Waals surface area contributed by atoms with E-state index in [1.807, 2.05) is 30.3 Å². The van der Waals surface area contributed by atoms with Gasteiger partial charge in [0.25, 0.3) is 0 Å². The number of aliphatic hydroxyl groups is 1. The lowest BCUT2D eigenvalue weighted by molar-refractivity contribution is -0.122. The van der Waals surface area contributed by atoms with E-state index >= 15 is 0 Å². The number of carbonyl (C=O) groups is 1. The van der Waals surface area contributed by atoms with E-state index in [1.54, 1.807) is 18.5 Å². The third-order valence-corrected chi connectivity index (χ3v) is 2.58. The van der Waals surface area contributed by atoms with Crippen LogP contribution >= 0.6 is 0 Å². The van der Waals surface area contributed by atoms with Crippen molar-refractivity contribution in [3.05, 3.63) is 54.4 Å². The van der Waals surface area contributed by atoms with Gasteiger partial charge in [-0.05, 0) is 11.6 Å². The minimum atomic E-state index is -0.380. The number of nitrogens with one attached hydrogen (secondary N) is 1. The zero-order valence-corrected chi connectivity index (χ0v) is 9.86. The van der Waals surface area contributed by atoms with Crippen LogP contribution in [-0.2, 0) is 11.3 Å². The Balaban J connectivity index is 1.96. The van der Waals surface area contributed by atoms with Gasteiger partial charge in [-0.3, -0.25) is 9.48 Å². The van der Waals surface area contributed by atoms with Gasteiger partial charge in [0.2, 0.25) is 5.91 Å². The van der Waals surface area contributed by atoms with Crippen molar-refractivity contribution in [1.29, 1.82) is 0 Å². The lowest BCUT2D eigenvalue weighted by Gasteiger charge is -2.16. The topological polar surface area (TPSA) is 67.2 Å². The summed E-state index contributed by atoms with van der Waals surface area (Å²) in [6.45, 7) is 0.0190. The summed E-state index contributed by atoms with van der Waals surface area (Å²) in [5.41, 5.74) is 0.883. The molecule has 18 heavy (non-hydrogen) atoms. The van der Waals surface area contributed by atoms with Gasteiger partial charge in [-0.2, -0.15) is 5.10 Å². The molecule has 1 aromatic carbocycles. The predicted octanol–water partition coefficient (Wildman–Crippen LogP) is 0.733. The maximum Gasteiger partial charge on any atom is 0.242 e. The van der Waals surface area contributed by atoms with E-state index in [0.29, 0.717) is 0 Å². The van der Waals surface area contributed by atoms with Crippen LogP contribution in [-0.4, -0.2) is 27.4 Å². The second kappa shape index (κ2) is 5.97. The Labute approximate surface area is 105 Å². The van der Waals surface area contributed by atoms with Gasteiger partial charge in [0.1, 0.15) is 6.54 Å². The molecule has 0 aliphatic heterocycles. The molecular formula is C13H15N3O2. The summed E-state index contributed by atoms with van der Waals surface area (Å²) in [5.74, 6) is -0.179. The first-order valence-electron chi connectivity index (χ1n) is 5.72. The van der Waals surface area contributed by atoms with Gasteiger partial charge in [-0.15, -0.1) is 0 Å². The summed E-state index contributed by atoms with van der Waals surface area (Å²) in [4.78, 5) is 11.8. The summed E-state index contributed by atoms with van der Waals surface area (Å²) in [6.07, 6.45) is 3.34. The molecule has 0 spiro atoms. The summed E-state index contributed by atoms with van der Waals surface area (Å²) in [5, 5.41) is 16.0. The summed E-state index contributed by atoms with van der Waals surface area (Å²) in [6, 6.07) is 10.8. The fraction of sp³-hybridized carbons (Fsp3) is 0.231. The van der Waals surface area contributed by atoms with E-state index in [-0.39, 0.29) is 25.1 Å². The molecule has 1 heterocycles. The summed E-state index contributed by atoms with van der Waals surface area (Å²) in [7, 11) is 0. The zero-order valence-electron chi connectivity index (χ0n) is 9.86. The van der Waals surface area contributed by atoms with E-state index < -0.39 is 0 Å². The van der Waals surface area contributed by atoms with Gasteiger partial charge in [0, 0.05) is 12.4 Å². The molecular weight excluding hydrogens is 230 g/mol. The molecule has 0 fully saturated rings. The largest absolute Gasteiger partial charge is 0.394 e. The van der Waals surface area contributed by atoms with E-state index in [1.165, 1.54) is 4.68 Å². The Hall–Kier alpha value is -2.14. The first-order valence-corrected chi connectivity index (χ1v) is 5.72. The average molecular weight is 245 g/mol. The quantitative estimate of drug-likeness (QED) is 0.816. The number of rotatable bonds is 5. The predicted molar refractivity (Wildman–Crippen MR) is 66.6 cm³/mol. The highest BCUT2D eigenvalue weighted by molar-refractivity contribution is 5.76. The van der Waals surface area contributed by atoms with Crippen molar-refractivity contribution in [2.45, 2.75) is 12.6 Å². The molecule has 0 bridgehead atoms. The van der Waals surface area contributed by atoms with Crippen LogP contribution < -0.4 is 5.32 Å². The van der Waals surface area contributed by atoms with Crippen molar-refractivity contribution in [1.82, 2.24) is 15.1 Å². The number of amides is 1. The van der Waals surface area contributed by atoms with Gasteiger partial charge in [0.05, 0.1) is 12.6 Å². The van der Waals surface area contributed by atoms with Crippen LogP contribution in [0, 0.1) is 0 Å². The smallest absolute Gasteiger partial charge is 0.242 e. The molecule has 2 rings (SSSR count). The van der Waals surface area contributed by atoms with E-state index in [0.717, 1.165) is 5.56 Å². The highest BCUT2D eigenvalue weighted by Crippen LogP contribution is 2.11. The Morgan fingerprint density at radius 3 is 2.72 bits per heavy atom. The van der Waals surface area contributed by atoms with Crippen LogP contribution in [0.5, 0.6) is 0 Å². The minimum Gasteiger partial charge on any atom is -0.394 e. The Kier molecular flexibility index (Phi) is 4.09. The standard InChI is InChI=1S/C13H15N3O2/c17-10-12(11-5-2-1-3-6-11)15-13(18)9-16-8-4-7-14-16/h1-8,12,17H,9-10H2,(H,15,18)/t12-/m1/s1. The number of hydrogen-bond donors (Lipinski definition) is 2. The van der Waals surface area contributed by atoms with Crippen LogP contribution in [0.2, 0.25) is 0 Å². The maximum atomic E-state index is 11.8. The van der Waals surface area contributed by atoms with Crippen molar-refractivity contribution in [2.24, 2.45) is 0 Å². The van der Waals surface area contributed by atoms with E-state index in [2.05, 4.69) is 10.4 Å². The van der Waals surface area contributed by atoms with E-state index in [9.17, 15) is 9.90 Å². The van der Waals surface area contributed by atoms with Crippen LogP contribution in [0.1, 0.15) is 11.6 Å². The molecule has 0 saturated carbocycles. The van der Waals surface area contributed by atoms with Crippen LogP contribution in [0.25, 0.3) is 0 Å². The van der Waals surface area contributed by atoms with Crippen LogP contribution in [0.4, 0.5) is 0 Å². The van der Waals surface area contributed by atoms with Gasteiger partial charge >= 0.3 is 0 Å². The summed E-state index contributed by atoms with van der Waals surface area (Å²) < 4.78 is 1.54. The van der Waals surface area contributed by atoms with Gasteiger partial charge in [0.15, 0.2) is 0 Å². The Morgan fingerprint density at radius 1 is 1.33 bits per heavy atom. The molecule has 0 aliphatic rings. The number of aromatic nitrogens is 2. The number of hydrogen-bond acceptors (Lipinski definition) is 3. The van der Waals surface area contributed by atoms with Crippen molar-refractivity contribution in [2.75, 3.05) is 6.61 Å². The van der Waals surface area contributed by atoms with Crippen molar-refractivity contribution in [3.8, 4) is 0 Å². The number of benzene rings is 1. The molecule has 94 valence electrons. The number of aliphatic hydroxyl groups excluding tert-OH is 1. The number of nitrogens with zero attached hydrogens (tertiary/aromatic N) is 2. The number of carbonyl (C=O) groups excluding carboxylic acids is 1. The molecule has 5 nitrogen and oxygen atoms in total. The molecule has 0 unspecified atom stereocenters. The molecule has 1 aromatic heterocycles. The van der Waals surface area contributed by atoms with Crippen LogP contribution in [0.15, 0.2) is 48.8 Å². The highest BCUT2D eigenvalue weighted by Gasteiger charge is 2.13. The van der Waals surface area contributed by atoms with Crippen LogP contribution in [0.3, 0.4) is 0 Å². The molecule has 1 amide bonds. The highest BCUT2D eigenvalue weighted by atomic mass is 16.3. The third-order valence-electron chi connectivity index (χ3n) is 2.58. The minimum absolute atomic E-state index is 0.130.